The maximum absolute atomic E-state index is 14.0. The van der Waals surface area contributed by atoms with Crippen molar-refractivity contribution in [3.05, 3.63) is 78.0 Å². The number of aryl methyl sites for hydroxylation is 1. The number of benzene rings is 3. The number of hydrogen-bond donors (Lipinski definition) is 0. The molecule has 0 bridgehead atoms. The topological polar surface area (TPSA) is 74.6 Å². The Morgan fingerprint density at radius 2 is 1.53 bits per heavy atom. The summed E-state index contributed by atoms with van der Waals surface area (Å²) in [5, 5.41) is 0.707. The van der Waals surface area contributed by atoms with Gasteiger partial charge in [0.05, 0.1) is 24.6 Å². The van der Waals surface area contributed by atoms with Crippen molar-refractivity contribution in [1.82, 2.24) is 3.97 Å². The van der Waals surface area contributed by atoms with Gasteiger partial charge < -0.3 is 14.3 Å². The number of nitrogens with zero attached hydrogens (tertiary/aromatic N) is 1. The van der Waals surface area contributed by atoms with E-state index in [1.54, 1.807) is 43.5 Å². The molecule has 0 amide bonds. The standard InChI is InChI=1S/C27H27NO5S/c1-18-10-13-21(14-11-18)34(30,31)28-23(15-12-19(2)29)27(20-8-6-5-7-9-20)22-16-25(32-3)26(33-4)17-24(22)28/h5-11,13-14,16-17H,12,15H2,1-4H3. The van der Waals surface area contributed by atoms with Crippen molar-refractivity contribution in [3.8, 4) is 22.6 Å². The number of fused-ring (bicyclic) bond motifs is 1. The quantitative estimate of drug-likeness (QED) is 0.340. The van der Waals surface area contributed by atoms with E-state index in [9.17, 15) is 13.2 Å². The number of ether oxygens (including phenoxy) is 2. The van der Waals surface area contributed by atoms with Gasteiger partial charge in [0.15, 0.2) is 11.5 Å². The van der Waals surface area contributed by atoms with Gasteiger partial charge in [0, 0.05) is 29.1 Å². The van der Waals surface area contributed by atoms with E-state index in [2.05, 4.69) is 0 Å². The first-order valence-corrected chi connectivity index (χ1v) is 12.4. The molecule has 4 rings (SSSR count). The predicted molar refractivity (Wildman–Crippen MR) is 133 cm³/mol. The van der Waals surface area contributed by atoms with Crippen LogP contribution in [0.25, 0.3) is 22.0 Å². The van der Waals surface area contributed by atoms with Gasteiger partial charge in [-0.15, -0.1) is 0 Å². The van der Waals surface area contributed by atoms with Gasteiger partial charge in [-0.05, 0) is 44.0 Å². The summed E-state index contributed by atoms with van der Waals surface area (Å²) in [6.45, 7) is 3.42. The van der Waals surface area contributed by atoms with E-state index < -0.39 is 10.0 Å². The van der Waals surface area contributed by atoms with E-state index in [1.165, 1.54) is 18.0 Å². The lowest BCUT2D eigenvalue weighted by atomic mass is 9.99. The van der Waals surface area contributed by atoms with E-state index in [0.29, 0.717) is 28.1 Å². The number of carbonyl (C=O) groups excluding carboxylic acids is 1. The fraction of sp³-hybridized carbons (Fsp3) is 0.222. The lowest BCUT2D eigenvalue weighted by Crippen LogP contribution is -2.16. The molecule has 0 N–H and O–H groups in total. The van der Waals surface area contributed by atoms with Gasteiger partial charge in [0.25, 0.3) is 10.0 Å². The van der Waals surface area contributed by atoms with Crippen LogP contribution >= 0.6 is 0 Å². The van der Waals surface area contributed by atoms with Crippen molar-refractivity contribution < 1.29 is 22.7 Å². The first-order valence-electron chi connectivity index (χ1n) is 10.9. The van der Waals surface area contributed by atoms with Gasteiger partial charge in [0.2, 0.25) is 0 Å². The molecular weight excluding hydrogens is 450 g/mol. The molecule has 0 saturated heterocycles. The molecule has 0 atom stereocenters. The molecule has 4 aromatic rings. The second-order valence-electron chi connectivity index (χ2n) is 8.20. The maximum atomic E-state index is 14.0. The van der Waals surface area contributed by atoms with Crippen molar-refractivity contribution in [2.45, 2.75) is 31.6 Å². The fourth-order valence-electron chi connectivity index (χ4n) is 4.18. The molecule has 7 heteroatoms. The summed E-state index contributed by atoms with van der Waals surface area (Å²) in [5.41, 5.74) is 3.59. The highest BCUT2D eigenvalue weighted by Gasteiger charge is 2.29. The van der Waals surface area contributed by atoms with Crippen molar-refractivity contribution in [1.29, 1.82) is 0 Å². The first kappa shape index (κ1) is 23.6. The van der Waals surface area contributed by atoms with Gasteiger partial charge in [-0.25, -0.2) is 12.4 Å². The van der Waals surface area contributed by atoms with Crippen LogP contribution in [0, 0.1) is 6.92 Å². The van der Waals surface area contributed by atoms with Crippen molar-refractivity contribution >= 4 is 26.7 Å². The summed E-state index contributed by atoms with van der Waals surface area (Å²) in [6, 6.07) is 19.8. The third-order valence-electron chi connectivity index (χ3n) is 5.86. The van der Waals surface area contributed by atoms with Gasteiger partial charge >= 0.3 is 0 Å². The molecule has 0 aliphatic rings. The van der Waals surface area contributed by atoms with Crippen molar-refractivity contribution in [2.75, 3.05) is 14.2 Å². The number of hydrogen-bond acceptors (Lipinski definition) is 5. The Labute approximate surface area is 199 Å². The number of aromatic nitrogens is 1. The van der Waals surface area contributed by atoms with Crippen LogP contribution in [0.5, 0.6) is 11.5 Å². The molecule has 3 aromatic carbocycles. The molecule has 0 unspecified atom stereocenters. The zero-order valence-electron chi connectivity index (χ0n) is 19.7. The van der Waals surface area contributed by atoms with E-state index in [0.717, 1.165) is 16.7 Å². The smallest absolute Gasteiger partial charge is 0.268 e. The summed E-state index contributed by atoms with van der Waals surface area (Å²) >= 11 is 0. The van der Waals surface area contributed by atoms with Crippen molar-refractivity contribution in [2.24, 2.45) is 0 Å². The SMILES string of the molecule is COc1cc2c(-c3ccccc3)c(CCC(C)=O)n(S(=O)(=O)c3ccc(C)cc3)c2cc1OC. The fourth-order valence-corrected chi connectivity index (χ4v) is 5.75. The van der Waals surface area contributed by atoms with Crippen LogP contribution in [-0.4, -0.2) is 32.4 Å². The van der Waals surface area contributed by atoms with Gasteiger partial charge in [-0.1, -0.05) is 48.0 Å². The largest absolute Gasteiger partial charge is 0.493 e. The molecule has 6 nitrogen and oxygen atoms in total. The second-order valence-corrected chi connectivity index (χ2v) is 9.98. The van der Waals surface area contributed by atoms with E-state index in [4.69, 9.17) is 9.47 Å². The monoisotopic (exact) mass is 477 g/mol. The summed E-state index contributed by atoms with van der Waals surface area (Å²) < 4.78 is 40.4. The normalized spacial score (nSPS) is 11.5. The average molecular weight is 478 g/mol. The summed E-state index contributed by atoms with van der Waals surface area (Å²) in [4.78, 5) is 12.1. The Kier molecular flexibility index (Phi) is 6.48. The molecule has 1 heterocycles. The minimum atomic E-state index is -3.98. The van der Waals surface area contributed by atoms with Gasteiger partial charge in [-0.2, -0.15) is 0 Å². The first-order chi connectivity index (χ1) is 16.3. The molecule has 176 valence electrons. The molecule has 0 fully saturated rings. The number of methoxy groups -OCH3 is 2. The molecule has 1 aromatic heterocycles. The Morgan fingerprint density at radius 3 is 2.12 bits per heavy atom. The van der Waals surface area contributed by atoms with Crippen LogP contribution in [0.2, 0.25) is 0 Å². The lowest BCUT2D eigenvalue weighted by Gasteiger charge is -2.14. The molecule has 0 radical (unpaired) electrons. The zero-order valence-corrected chi connectivity index (χ0v) is 20.5. The van der Waals surface area contributed by atoms with E-state index >= 15 is 0 Å². The van der Waals surface area contributed by atoms with Crippen molar-refractivity contribution in [3.63, 3.8) is 0 Å². The van der Waals surface area contributed by atoms with Gasteiger partial charge in [-0.3, -0.25) is 0 Å². The van der Waals surface area contributed by atoms with Crippen LogP contribution in [0.3, 0.4) is 0 Å². The highest BCUT2D eigenvalue weighted by Crippen LogP contribution is 2.43. The minimum Gasteiger partial charge on any atom is -0.493 e. The minimum absolute atomic E-state index is 0.0151. The third kappa shape index (κ3) is 4.19. The van der Waals surface area contributed by atoms with Crippen LogP contribution < -0.4 is 9.47 Å². The molecule has 0 saturated carbocycles. The predicted octanol–water partition coefficient (Wildman–Crippen LogP) is 5.39. The number of rotatable bonds is 8. The highest BCUT2D eigenvalue weighted by molar-refractivity contribution is 7.90. The highest BCUT2D eigenvalue weighted by atomic mass is 32.2. The number of Topliss-reactive ketones (excluding diaryl/α,β-unsaturated/α-hetero) is 1. The third-order valence-corrected chi connectivity index (χ3v) is 7.62. The lowest BCUT2D eigenvalue weighted by molar-refractivity contribution is -0.117. The Balaban J connectivity index is 2.15. The number of ketones is 1. The Bertz CT molecular complexity index is 1450. The van der Waals surface area contributed by atoms with Gasteiger partial charge in [0.1, 0.15) is 5.78 Å². The summed E-state index contributed by atoms with van der Waals surface area (Å²) in [7, 11) is -0.925. The zero-order chi connectivity index (χ0) is 24.5. The molecule has 34 heavy (non-hydrogen) atoms. The Morgan fingerprint density at radius 1 is 0.912 bits per heavy atom. The maximum Gasteiger partial charge on any atom is 0.268 e. The molecule has 0 spiro atoms. The molecular formula is C27H27NO5S. The van der Waals surface area contributed by atoms with Crippen LogP contribution in [-0.2, 0) is 21.2 Å². The molecule has 0 aliphatic carbocycles. The van der Waals surface area contributed by atoms with Crippen LogP contribution in [0.15, 0.2) is 71.6 Å². The summed E-state index contributed by atoms with van der Waals surface area (Å²) in [6.07, 6.45) is 0.484. The second kappa shape index (κ2) is 9.35. The Hall–Kier alpha value is -3.58. The van der Waals surface area contributed by atoms with E-state index in [-0.39, 0.29) is 23.5 Å². The van der Waals surface area contributed by atoms with E-state index in [1.807, 2.05) is 37.3 Å². The summed E-state index contributed by atoms with van der Waals surface area (Å²) in [5.74, 6) is 0.902. The van der Waals surface area contributed by atoms with Crippen LogP contribution in [0.1, 0.15) is 24.6 Å². The number of carbonyl (C=O) groups is 1. The van der Waals surface area contributed by atoms with Crippen LogP contribution in [0.4, 0.5) is 0 Å². The molecule has 0 aliphatic heterocycles. The average Bonchev–Trinajstić information content (AvgIpc) is 3.16.